The summed E-state index contributed by atoms with van der Waals surface area (Å²) in [6.45, 7) is -0.476. The maximum Gasteiger partial charge on any atom is 0.325 e. The summed E-state index contributed by atoms with van der Waals surface area (Å²) >= 11 is 0. The molecule has 0 aliphatic rings. The molecule has 0 saturated heterocycles. The molecule has 1 aromatic heterocycles. The Morgan fingerprint density at radius 2 is 2.00 bits per heavy atom. The van der Waals surface area contributed by atoms with Gasteiger partial charge in [-0.3, -0.25) is 9.48 Å². The Balaban J connectivity index is 2.37. The van der Waals surface area contributed by atoms with Gasteiger partial charge in [0.15, 0.2) is 0 Å². The average molecular weight is 232 g/mol. The third kappa shape index (κ3) is 2.51. The topological polar surface area (TPSA) is 75.3 Å². The Morgan fingerprint density at radius 3 is 2.59 bits per heavy atom. The molecule has 0 atom stereocenters. The van der Waals surface area contributed by atoms with E-state index in [9.17, 15) is 4.79 Å². The van der Waals surface area contributed by atoms with Gasteiger partial charge in [0.25, 0.3) is 0 Å². The minimum absolute atomic E-state index is 0.229. The van der Waals surface area contributed by atoms with Crippen LogP contribution >= 0.6 is 0 Å². The van der Waals surface area contributed by atoms with Crippen LogP contribution in [0.3, 0.4) is 0 Å². The van der Waals surface area contributed by atoms with Gasteiger partial charge in [0, 0.05) is 5.56 Å². The van der Waals surface area contributed by atoms with Gasteiger partial charge < -0.3 is 10.2 Å². The van der Waals surface area contributed by atoms with Crippen molar-refractivity contribution in [2.75, 3.05) is 0 Å². The van der Waals surface area contributed by atoms with Gasteiger partial charge >= 0.3 is 5.97 Å². The van der Waals surface area contributed by atoms with Gasteiger partial charge in [0.2, 0.25) is 0 Å². The quantitative estimate of drug-likeness (QED) is 0.828. The number of carboxylic acids is 1. The molecule has 1 heterocycles. The van der Waals surface area contributed by atoms with Crippen molar-refractivity contribution in [3.63, 3.8) is 0 Å². The number of aliphatic hydroxyl groups is 1. The van der Waals surface area contributed by atoms with Crippen LogP contribution in [0, 0.1) is 0 Å². The number of aliphatic hydroxyl groups excluding tert-OH is 1. The van der Waals surface area contributed by atoms with E-state index in [1.165, 1.54) is 4.68 Å². The third-order valence-corrected chi connectivity index (χ3v) is 2.38. The molecule has 0 fully saturated rings. The van der Waals surface area contributed by atoms with Gasteiger partial charge in [-0.25, -0.2) is 0 Å². The first kappa shape index (κ1) is 11.3. The van der Waals surface area contributed by atoms with Gasteiger partial charge in [0.1, 0.15) is 6.54 Å². The second-order valence-corrected chi connectivity index (χ2v) is 3.60. The molecule has 0 aliphatic carbocycles. The highest BCUT2D eigenvalue weighted by molar-refractivity contribution is 5.67. The normalized spacial score (nSPS) is 10.4. The second-order valence-electron chi connectivity index (χ2n) is 3.60. The average Bonchev–Trinajstić information content (AvgIpc) is 2.72. The van der Waals surface area contributed by atoms with E-state index in [0.717, 1.165) is 5.56 Å². The number of rotatable bonds is 4. The largest absolute Gasteiger partial charge is 0.480 e. The minimum atomic E-state index is -0.984. The van der Waals surface area contributed by atoms with Crippen molar-refractivity contribution in [2.45, 2.75) is 13.2 Å². The first-order valence-corrected chi connectivity index (χ1v) is 5.15. The van der Waals surface area contributed by atoms with Crippen LogP contribution in [0.25, 0.3) is 11.3 Å². The van der Waals surface area contributed by atoms with Crippen LogP contribution in [-0.2, 0) is 17.9 Å². The van der Waals surface area contributed by atoms with E-state index in [1.807, 2.05) is 30.3 Å². The van der Waals surface area contributed by atoms with Gasteiger partial charge in [-0.05, 0) is 6.07 Å². The summed E-state index contributed by atoms with van der Waals surface area (Å²) in [5.41, 5.74) is 2.05. The molecule has 0 spiro atoms. The SMILES string of the molecule is O=C(O)Cn1nc(-c2ccccc2)cc1CO. The van der Waals surface area contributed by atoms with Crippen LogP contribution in [0.2, 0.25) is 0 Å². The van der Waals surface area contributed by atoms with E-state index < -0.39 is 5.97 Å². The lowest BCUT2D eigenvalue weighted by Gasteiger charge is -2.00. The Bertz CT molecular complexity index is 520. The van der Waals surface area contributed by atoms with Crippen LogP contribution in [-0.4, -0.2) is 26.0 Å². The predicted molar refractivity (Wildman–Crippen MR) is 61.2 cm³/mol. The van der Waals surface area contributed by atoms with Crippen LogP contribution in [0.15, 0.2) is 36.4 Å². The maximum absolute atomic E-state index is 10.6. The van der Waals surface area contributed by atoms with Crippen molar-refractivity contribution in [3.8, 4) is 11.3 Å². The van der Waals surface area contributed by atoms with Gasteiger partial charge in [-0.1, -0.05) is 30.3 Å². The number of hydrogen-bond donors (Lipinski definition) is 2. The fourth-order valence-electron chi connectivity index (χ4n) is 1.60. The van der Waals surface area contributed by atoms with Crippen molar-refractivity contribution in [2.24, 2.45) is 0 Å². The Labute approximate surface area is 97.9 Å². The molecular formula is C12H12N2O3. The van der Waals surface area contributed by atoms with Gasteiger partial charge in [-0.15, -0.1) is 0 Å². The molecule has 0 unspecified atom stereocenters. The molecule has 0 aliphatic heterocycles. The first-order valence-electron chi connectivity index (χ1n) is 5.15. The Morgan fingerprint density at radius 1 is 1.29 bits per heavy atom. The molecule has 5 heteroatoms. The monoisotopic (exact) mass is 232 g/mol. The van der Waals surface area contributed by atoms with Gasteiger partial charge in [0.05, 0.1) is 18.0 Å². The molecule has 2 aromatic rings. The van der Waals surface area contributed by atoms with Crippen molar-refractivity contribution in [1.29, 1.82) is 0 Å². The van der Waals surface area contributed by atoms with E-state index in [4.69, 9.17) is 10.2 Å². The maximum atomic E-state index is 10.6. The summed E-state index contributed by atoms with van der Waals surface area (Å²) in [6.07, 6.45) is 0. The highest BCUT2D eigenvalue weighted by atomic mass is 16.4. The van der Waals surface area contributed by atoms with E-state index in [1.54, 1.807) is 6.07 Å². The second kappa shape index (κ2) is 4.80. The fraction of sp³-hybridized carbons (Fsp3) is 0.167. The molecule has 2 rings (SSSR count). The van der Waals surface area contributed by atoms with Crippen molar-refractivity contribution in [1.82, 2.24) is 9.78 Å². The smallest absolute Gasteiger partial charge is 0.325 e. The first-order chi connectivity index (χ1) is 8.20. The van der Waals surface area contributed by atoms with Crippen LogP contribution in [0.5, 0.6) is 0 Å². The van der Waals surface area contributed by atoms with Crippen molar-refractivity contribution >= 4 is 5.97 Å². The molecule has 5 nitrogen and oxygen atoms in total. The highest BCUT2D eigenvalue weighted by Gasteiger charge is 2.10. The van der Waals surface area contributed by atoms with Crippen molar-refractivity contribution < 1.29 is 15.0 Å². The summed E-state index contributed by atoms with van der Waals surface area (Å²) in [5, 5.41) is 22.0. The summed E-state index contributed by atoms with van der Waals surface area (Å²) in [7, 11) is 0. The van der Waals surface area contributed by atoms with Crippen LogP contribution < -0.4 is 0 Å². The zero-order chi connectivity index (χ0) is 12.3. The Kier molecular flexibility index (Phi) is 3.20. The lowest BCUT2D eigenvalue weighted by Crippen LogP contribution is -2.12. The molecule has 0 amide bonds. The van der Waals surface area contributed by atoms with Crippen molar-refractivity contribution in [3.05, 3.63) is 42.1 Å². The lowest BCUT2D eigenvalue weighted by molar-refractivity contribution is -0.137. The molecule has 88 valence electrons. The minimum Gasteiger partial charge on any atom is -0.480 e. The third-order valence-electron chi connectivity index (χ3n) is 2.38. The van der Waals surface area contributed by atoms with Gasteiger partial charge in [-0.2, -0.15) is 5.10 Å². The standard InChI is InChI=1S/C12H12N2O3/c15-8-10-6-11(9-4-2-1-3-5-9)13-14(10)7-12(16)17/h1-6,15H,7-8H2,(H,16,17). The van der Waals surface area contributed by atoms with E-state index in [0.29, 0.717) is 11.4 Å². The summed E-state index contributed by atoms with van der Waals surface area (Å²) in [5.74, 6) is -0.984. The zero-order valence-electron chi connectivity index (χ0n) is 9.08. The molecule has 0 bridgehead atoms. The van der Waals surface area contributed by atoms with E-state index in [-0.39, 0.29) is 13.2 Å². The van der Waals surface area contributed by atoms with Crippen LogP contribution in [0.1, 0.15) is 5.69 Å². The zero-order valence-corrected chi connectivity index (χ0v) is 9.08. The number of nitrogens with zero attached hydrogens (tertiary/aromatic N) is 2. The number of aromatic nitrogens is 2. The van der Waals surface area contributed by atoms with Crippen LogP contribution in [0.4, 0.5) is 0 Å². The molecule has 0 radical (unpaired) electrons. The molecule has 0 saturated carbocycles. The summed E-state index contributed by atoms with van der Waals surface area (Å²) < 4.78 is 1.30. The molecule has 1 aromatic carbocycles. The molecule has 17 heavy (non-hydrogen) atoms. The number of benzene rings is 1. The number of aliphatic carboxylic acids is 1. The number of hydrogen-bond acceptors (Lipinski definition) is 3. The Hall–Kier alpha value is -2.14. The summed E-state index contributed by atoms with van der Waals surface area (Å²) in [4.78, 5) is 10.6. The fourth-order valence-corrected chi connectivity index (χ4v) is 1.60. The lowest BCUT2D eigenvalue weighted by atomic mass is 10.1. The number of carbonyl (C=O) groups is 1. The van der Waals surface area contributed by atoms with E-state index >= 15 is 0 Å². The van der Waals surface area contributed by atoms with E-state index in [2.05, 4.69) is 5.10 Å². The predicted octanol–water partition coefficient (Wildman–Crippen LogP) is 1.13. The molecular weight excluding hydrogens is 220 g/mol. The number of carboxylic acid groups (broad SMARTS) is 1. The highest BCUT2D eigenvalue weighted by Crippen LogP contribution is 2.18. The summed E-state index contributed by atoms with van der Waals surface area (Å²) in [6, 6.07) is 11.1. The molecule has 2 N–H and O–H groups in total.